The minimum Gasteiger partial charge on any atom is -0.476 e. The number of hydrogen-bond donors (Lipinski definition) is 1. The number of benzene rings is 1. The van der Waals surface area contributed by atoms with Crippen LogP contribution in [0.1, 0.15) is 27.8 Å². The molecule has 100 valence electrons. The molecule has 1 N–H and O–H groups in total. The number of carboxylic acids is 1. The largest absolute Gasteiger partial charge is 0.476 e. The van der Waals surface area contributed by atoms with Gasteiger partial charge in [0.2, 0.25) is 5.91 Å². The highest BCUT2D eigenvalue weighted by atomic mass is 16.4. The molecule has 6 nitrogen and oxygen atoms in total. The van der Waals surface area contributed by atoms with Crippen LogP contribution in [0.25, 0.3) is 21.9 Å². The quantitative estimate of drug-likeness (QED) is 0.732. The van der Waals surface area contributed by atoms with E-state index in [0.29, 0.717) is 22.1 Å². The van der Waals surface area contributed by atoms with Gasteiger partial charge < -0.3 is 5.11 Å². The number of aromatic nitrogens is 3. The number of aryl methyl sites for hydroxylation is 1. The fraction of sp³-hybridized carbons (Fsp3) is 0.143. The fourth-order valence-electron chi connectivity index (χ4n) is 2.50. The van der Waals surface area contributed by atoms with Crippen LogP contribution >= 0.6 is 0 Å². The monoisotopic (exact) mass is 269 g/mol. The van der Waals surface area contributed by atoms with Crippen molar-refractivity contribution in [2.24, 2.45) is 0 Å². The zero-order chi connectivity index (χ0) is 14.4. The Bertz CT molecular complexity index is 880. The smallest absolute Gasteiger partial charge is 0.356 e. The number of aromatic carboxylic acids is 1. The second-order valence-electron chi connectivity index (χ2n) is 4.55. The molecule has 0 unspecified atom stereocenters. The zero-order valence-corrected chi connectivity index (χ0v) is 10.9. The highest BCUT2D eigenvalue weighted by Gasteiger charge is 2.20. The lowest BCUT2D eigenvalue weighted by Gasteiger charge is -2.02. The predicted molar refractivity (Wildman–Crippen MR) is 73.0 cm³/mol. The van der Waals surface area contributed by atoms with Crippen LogP contribution in [0.4, 0.5) is 0 Å². The van der Waals surface area contributed by atoms with E-state index in [1.807, 2.05) is 18.2 Å². The maximum Gasteiger partial charge on any atom is 0.356 e. The average Bonchev–Trinajstić information content (AvgIpc) is 2.73. The predicted octanol–water partition coefficient (Wildman–Crippen LogP) is 2.25. The number of nitrogens with zero attached hydrogens (tertiary/aromatic N) is 3. The van der Waals surface area contributed by atoms with Gasteiger partial charge in [0.05, 0.1) is 5.52 Å². The number of carboxylic acid groups (broad SMARTS) is 1. The van der Waals surface area contributed by atoms with Gasteiger partial charge in [0, 0.05) is 17.7 Å². The van der Waals surface area contributed by atoms with Gasteiger partial charge in [0.25, 0.3) is 0 Å². The highest BCUT2D eigenvalue weighted by molar-refractivity contribution is 6.14. The number of rotatable bonds is 1. The summed E-state index contributed by atoms with van der Waals surface area (Å²) in [7, 11) is 0. The standard InChI is InChI=1S/C14H11N3O3/c1-7-11-9-5-3-4-6-10(9)17(8(2)18)13(11)16-15-12(7)14(19)20/h3-6H,1-2H3,(H,19,20). The number of carbonyl (C=O) groups is 2. The molecule has 2 heterocycles. The van der Waals surface area contributed by atoms with Crippen molar-refractivity contribution in [3.8, 4) is 0 Å². The van der Waals surface area contributed by atoms with E-state index in [4.69, 9.17) is 5.11 Å². The molecule has 3 rings (SSSR count). The number of para-hydroxylation sites is 1. The van der Waals surface area contributed by atoms with Gasteiger partial charge in [-0.05, 0) is 18.6 Å². The van der Waals surface area contributed by atoms with Crippen LogP contribution in [0.5, 0.6) is 0 Å². The Morgan fingerprint density at radius 1 is 1.20 bits per heavy atom. The zero-order valence-electron chi connectivity index (χ0n) is 10.9. The van der Waals surface area contributed by atoms with Crippen LogP contribution in [0, 0.1) is 6.92 Å². The Morgan fingerprint density at radius 2 is 1.90 bits per heavy atom. The van der Waals surface area contributed by atoms with E-state index in [2.05, 4.69) is 10.2 Å². The van der Waals surface area contributed by atoms with Crippen molar-refractivity contribution < 1.29 is 14.7 Å². The first kappa shape index (κ1) is 12.3. The Balaban J connectivity index is 2.60. The molecule has 0 fully saturated rings. The molecular weight excluding hydrogens is 258 g/mol. The molecule has 3 aromatic rings. The molecule has 0 amide bonds. The summed E-state index contributed by atoms with van der Waals surface area (Å²) in [6.07, 6.45) is 0. The van der Waals surface area contributed by atoms with Gasteiger partial charge in [0.1, 0.15) is 0 Å². The first-order valence-electron chi connectivity index (χ1n) is 6.03. The summed E-state index contributed by atoms with van der Waals surface area (Å²) in [6, 6.07) is 7.31. The van der Waals surface area contributed by atoms with Crippen molar-refractivity contribution in [1.29, 1.82) is 0 Å². The lowest BCUT2D eigenvalue weighted by atomic mass is 10.1. The third kappa shape index (κ3) is 1.51. The van der Waals surface area contributed by atoms with Gasteiger partial charge in [-0.3, -0.25) is 9.36 Å². The van der Waals surface area contributed by atoms with Crippen LogP contribution in [-0.2, 0) is 0 Å². The molecule has 2 aromatic heterocycles. The van der Waals surface area contributed by atoms with Crippen molar-refractivity contribution in [1.82, 2.24) is 14.8 Å². The van der Waals surface area contributed by atoms with Crippen molar-refractivity contribution >= 4 is 33.8 Å². The Hall–Kier alpha value is -2.76. The Kier molecular flexibility index (Phi) is 2.53. The third-order valence-corrected chi connectivity index (χ3v) is 3.34. The second kappa shape index (κ2) is 4.12. The van der Waals surface area contributed by atoms with Gasteiger partial charge in [-0.15, -0.1) is 10.2 Å². The fourth-order valence-corrected chi connectivity index (χ4v) is 2.50. The SMILES string of the molecule is CC(=O)n1c2ccccc2c2c(C)c(C(=O)O)nnc21. The Labute approximate surface area is 113 Å². The Morgan fingerprint density at radius 3 is 2.55 bits per heavy atom. The molecule has 0 aliphatic heterocycles. The van der Waals surface area contributed by atoms with E-state index in [0.717, 1.165) is 5.39 Å². The summed E-state index contributed by atoms with van der Waals surface area (Å²) < 4.78 is 1.45. The maximum absolute atomic E-state index is 11.8. The summed E-state index contributed by atoms with van der Waals surface area (Å²) in [6.45, 7) is 3.12. The van der Waals surface area contributed by atoms with E-state index in [9.17, 15) is 9.59 Å². The molecule has 20 heavy (non-hydrogen) atoms. The number of hydrogen-bond acceptors (Lipinski definition) is 4. The molecule has 0 aliphatic rings. The van der Waals surface area contributed by atoms with E-state index >= 15 is 0 Å². The molecule has 0 aliphatic carbocycles. The summed E-state index contributed by atoms with van der Waals surface area (Å²) >= 11 is 0. The molecule has 0 saturated carbocycles. The van der Waals surface area contributed by atoms with Crippen LogP contribution in [0.3, 0.4) is 0 Å². The summed E-state index contributed by atoms with van der Waals surface area (Å²) in [4.78, 5) is 23.0. The van der Waals surface area contributed by atoms with Gasteiger partial charge in [-0.1, -0.05) is 18.2 Å². The van der Waals surface area contributed by atoms with Crippen molar-refractivity contribution in [3.63, 3.8) is 0 Å². The van der Waals surface area contributed by atoms with Crippen LogP contribution in [0.15, 0.2) is 24.3 Å². The molecule has 0 radical (unpaired) electrons. The minimum absolute atomic E-state index is 0.0936. The van der Waals surface area contributed by atoms with Crippen molar-refractivity contribution in [2.45, 2.75) is 13.8 Å². The first-order chi connectivity index (χ1) is 9.52. The second-order valence-corrected chi connectivity index (χ2v) is 4.55. The van der Waals surface area contributed by atoms with E-state index in [1.54, 1.807) is 13.0 Å². The van der Waals surface area contributed by atoms with Gasteiger partial charge in [-0.25, -0.2) is 4.79 Å². The van der Waals surface area contributed by atoms with Gasteiger partial charge >= 0.3 is 5.97 Å². The molecule has 0 bridgehead atoms. The molecule has 0 spiro atoms. The van der Waals surface area contributed by atoms with E-state index in [1.165, 1.54) is 11.5 Å². The first-order valence-corrected chi connectivity index (χ1v) is 6.03. The highest BCUT2D eigenvalue weighted by Crippen LogP contribution is 2.30. The normalized spacial score (nSPS) is 11.1. The summed E-state index contributed by atoms with van der Waals surface area (Å²) in [5, 5.41) is 18.2. The lowest BCUT2D eigenvalue weighted by Crippen LogP contribution is -2.09. The minimum atomic E-state index is -1.13. The lowest BCUT2D eigenvalue weighted by molar-refractivity contribution is 0.0688. The maximum atomic E-state index is 11.8. The summed E-state index contributed by atoms with van der Waals surface area (Å²) in [5.41, 5.74) is 1.51. The van der Waals surface area contributed by atoms with Crippen LogP contribution in [0.2, 0.25) is 0 Å². The number of fused-ring (bicyclic) bond motifs is 3. The number of carbonyl (C=O) groups excluding carboxylic acids is 1. The topological polar surface area (TPSA) is 85.1 Å². The van der Waals surface area contributed by atoms with E-state index in [-0.39, 0.29) is 11.6 Å². The molecule has 0 saturated heterocycles. The third-order valence-electron chi connectivity index (χ3n) is 3.34. The molecule has 6 heteroatoms. The summed E-state index contributed by atoms with van der Waals surface area (Å²) in [5.74, 6) is -1.32. The average molecular weight is 269 g/mol. The molecule has 0 atom stereocenters. The van der Waals surface area contributed by atoms with Crippen LogP contribution in [-0.4, -0.2) is 31.7 Å². The van der Waals surface area contributed by atoms with Gasteiger partial charge in [0.15, 0.2) is 11.3 Å². The van der Waals surface area contributed by atoms with E-state index < -0.39 is 5.97 Å². The molecule has 1 aromatic carbocycles. The van der Waals surface area contributed by atoms with Crippen LogP contribution < -0.4 is 0 Å². The molecular formula is C14H11N3O3. The van der Waals surface area contributed by atoms with Crippen molar-refractivity contribution in [2.75, 3.05) is 0 Å². The van der Waals surface area contributed by atoms with Gasteiger partial charge in [-0.2, -0.15) is 0 Å². The van der Waals surface area contributed by atoms with Crippen molar-refractivity contribution in [3.05, 3.63) is 35.5 Å².